The number of ether oxygens (including phenoxy) is 2. The molecular weight excluding hydrogens is 463 g/mol. The number of benzene rings is 1. The molecule has 1 N–H and O–H groups in total. The fourth-order valence-corrected chi connectivity index (χ4v) is 3.58. The molecule has 2 aromatic heterocycles. The molecule has 0 aliphatic heterocycles. The van der Waals surface area contributed by atoms with Crippen molar-refractivity contribution in [2.45, 2.75) is 52.1 Å². The molecule has 0 saturated carbocycles. The van der Waals surface area contributed by atoms with E-state index >= 15 is 0 Å². The van der Waals surface area contributed by atoms with Gasteiger partial charge in [-0.1, -0.05) is 19.9 Å². The van der Waals surface area contributed by atoms with E-state index in [2.05, 4.69) is 10.1 Å². The second-order valence-corrected chi connectivity index (χ2v) is 8.28. The third kappa shape index (κ3) is 6.97. The van der Waals surface area contributed by atoms with Gasteiger partial charge in [-0.05, 0) is 61.1 Å². The first kappa shape index (κ1) is 26.1. The van der Waals surface area contributed by atoms with Gasteiger partial charge in [-0.2, -0.15) is 18.3 Å². The number of hydrogen-bond donors (Lipinski definition) is 1. The minimum absolute atomic E-state index is 0.110. The molecule has 0 bridgehead atoms. The van der Waals surface area contributed by atoms with Gasteiger partial charge in [0.25, 0.3) is 0 Å². The van der Waals surface area contributed by atoms with Crippen molar-refractivity contribution in [3.63, 3.8) is 0 Å². The molecule has 3 rings (SSSR count). The number of carbonyl (C=O) groups is 1. The molecule has 0 fully saturated rings. The Morgan fingerprint density at radius 2 is 1.91 bits per heavy atom. The smallest absolute Gasteiger partial charge is 0.417 e. The molecule has 7 nitrogen and oxygen atoms in total. The molecule has 188 valence electrons. The third-order valence-corrected chi connectivity index (χ3v) is 5.19. The van der Waals surface area contributed by atoms with E-state index in [4.69, 9.17) is 14.6 Å². The summed E-state index contributed by atoms with van der Waals surface area (Å²) in [6, 6.07) is 7.36. The number of carboxylic acid groups (broad SMARTS) is 1. The summed E-state index contributed by atoms with van der Waals surface area (Å²) in [6.45, 7) is 6.65. The highest BCUT2D eigenvalue weighted by molar-refractivity contribution is 5.70. The van der Waals surface area contributed by atoms with Crippen molar-refractivity contribution in [1.82, 2.24) is 14.8 Å². The van der Waals surface area contributed by atoms with E-state index in [1.165, 1.54) is 10.7 Å². The Morgan fingerprint density at radius 1 is 1.14 bits per heavy atom. The number of alkyl halides is 3. The maximum atomic E-state index is 12.8. The Balaban J connectivity index is 1.69. The van der Waals surface area contributed by atoms with Crippen LogP contribution in [0, 0.1) is 0 Å². The van der Waals surface area contributed by atoms with Crippen LogP contribution >= 0.6 is 0 Å². The van der Waals surface area contributed by atoms with Crippen LogP contribution in [0.2, 0.25) is 0 Å². The first-order chi connectivity index (χ1) is 16.6. The SMILES string of the molecule is CCOc1ccc(CC(=O)O)cc1OCCCc1cn(-c2ccc(C(F)(F)F)cn2)nc1C(C)C. The summed E-state index contributed by atoms with van der Waals surface area (Å²) >= 11 is 0. The van der Waals surface area contributed by atoms with Crippen LogP contribution in [0.4, 0.5) is 13.2 Å². The summed E-state index contributed by atoms with van der Waals surface area (Å²) in [5.41, 5.74) is 1.59. The molecular formula is C25H28F3N3O4. The van der Waals surface area contributed by atoms with E-state index in [9.17, 15) is 18.0 Å². The Kier molecular flexibility index (Phi) is 8.37. The van der Waals surface area contributed by atoms with E-state index in [1.807, 2.05) is 20.8 Å². The van der Waals surface area contributed by atoms with Crippen molar-refractivity contribution < 1.29 is 32.5 Å². The monoisotopic (exact) mass is 491 g/mol. The lowest BCUT2D eigenvalue weighted by Gasteiger charge is -2.13. The van der Waals surface area contributed by atoms with Gasteiger partial charge in [-0.3, -0.25) is 4.79 Å². The fraction of sp³-hybridized carbons (Fsp3) is 0.400. The Bertz CT molecular complexity index is 1140. The third-order valence-electron chi connectivity index (χ3n) is 5.19. The van der Waals surface area contributed by atoms with Crippen LogP contribution < -0.4 is 9.47 Å². The maximum Gasteiger partial charge on any atom is 0.417 e. The lowest BCUT2D eigenvalue weighted by Crippen LogP contribution is -2.07. The van der Waals surface area contributed by atoms with Crippen molar-refractivity contribution in [2.75, 3.05) is 13.2 Å². The van der Waals surface area contributed by atoms with Crippen LogP contribution in [0.3, 0.4) is 0 Å². The van der Waals surface area contributed by atoms with Crippen LogP contribution in [-0.4, -0.2) is 39.1 Å². The standard InChI is InChI=1S/C25H28F3N3O4/c1-4-34-20-9-7-17(13-23(32)33)12-21(20)35-11-5-6-18-15-31(30-24(18)16(2)3)22-10-8-19(14-29-22)25(26,27)28/h7-10,12,14-16H,4-6,11,13H2,1-3H3,(H,32,33). The normalized spacial score (nSPS) is 11.6. The van der Waals surface area contributed by atoms with Crippen LogP contribution in [0.15, 0.2) is 42.7 Å². The van der Waals surface area contributed by atoms with Gasteiger partial charge in [-0.25, -0.2) is 9.67 Å². The van der Waals surface area contributed by atoms with Gasteiger partial charge in [-0.15, -0.1) is 0 Å². The summed E-state index contributed by atoms with van der Waals surface area (Å²) in [6.07, 6.45) is -0.706. The zero-order valence-electron chi connectivity index (χ0n) is 19.8. The Morgan fingerprint density at radius 3 is 2.51 bits per heavy atom. The number of aliphatic carboxylic acids is 1. The molecule has 0 radical (unpaired) electrons. The minimum atomic E-state index is -4.45. The van der Waals surface area contributed by atoms with E-state index in [1.54, 1.807) is 24.4 Å². The zero-order chi connectivity index (χ0) is 25.6. The second-order valence-electron chi connectivity index (χ2n) is 8.28. The van der Waals surface area contributed by atoms with Crippen LogP contribution in [0.5, 0.6) is 11.5 Å². The Hall–Kier alpha value is -3.56. The van der Waals surface area contributed by atoms with Gasteiger partial charge in [0, 0.05) is 12.4 Å². The van der Waals surface area contributed by atoms with E-state index in [0.717, 1.165) is 23.5 Å². The van der Waals surface area contributed by atoms with Crippen molar-refractivity contribution in [3.8, 4) is 17.3 Å². The van der Waals surface area contributed by atoms with Gasteiger partial charge in [0.1, 0.15) is 0 Å². The molecule has 0 spiro atoms. The number of aromatic nitrogens is 3. The first-order valence-corrected chi connectivity index (χ1v) is 11.3. The maximum absolute atomic E-state index is 12.8. The van der Waals surface area contributed by atoms with Crippen LogP contribution in [0.25, 0.3) is 5.82 Å². The summed E-state index contributed by atoms with van der Waals surface area (Å²) in [4.78, 5) is 14.9. The van der Waals surface area contributed by atoms with Crippen LogP contribution in [0.1, 0.15) is 55.5 Å². The summed E-state index contributed by atoms with van der Waals surface area (Å²) in [7, 11) is 0. The molecule has 35 heavy (non-hydrogen) atoms. The van der Waals surface area contributed by atoms with E-state index < -0.39 is 17.7 Å². The molecule has 0 unspecified atom stereocenters. The molecule has 0 amide bonds. The largest absolute Gasteiger partial charge is 0.490 e. The number of rotatable bonds is 11. The molecule has 3 aromatic rings. The summed E-state index contributed by atoms with van der Waals surface area (Å²) < 4.78 is 51.5. The van der Waals surface area contributed by atoms with Gasteiger partial charge >= 0.3 is 12.1 Å². The zero-order valence-corrected chi connectivity index (χ0v) is 19.8. The quantitative estimate of drug-likeness (QED) is 0.359. The van der Waals surface area contributed by atoms with Crippen molar-refractivity contribution in [1.29, 1.82) is 0 Å². The molecule has 0 atom stereocenters. The Labute approximate surface area is 201 Å². The highest BCUT2D eigenvalue weighted by atomic mass is 19.4. The number of hydrogen-bond acceptors (Lipinski definition) is 5. The summed E-state index contributed by atoms with van der Waals surface area (Å²) in [5, 5.41) is 13.6. The lowest BCUT2D eigenvalue weighted by atomic mass is 10.0. The molecule has 10 heteroatoms. The second kappa shape index (κ2) is 11.2. The molecule has 0 aliphatic rings. The number of carboxylic acids is 1. The molecule has 2 heterocycles. The highest BCUT2D eigenvalue weighted by Crippen LogP contribution is 2.30. The molecule has 0 aliphatic carbocycles. The van der Waals surface area contributed by atoms with Gasteiger partial charge in [0.15, 0.2) is 17.3 Å². The van der Waals surface area contributed by atoms with Crippen LogP contribution in [-0.2, 0) is 23.8 Å². The highest BCUT2D eigenvalue weighted by Gasteiger charge is 2.30. The number of nitrogens with zero attached hydrogens (tertiary/aromatic N) is 3. The predicted octanol–water partition coefficient (Wildman–Crippen LogP) is 5.45. The van der Waals surface area contributed by atoms with Crippen molar-refractivity contribution >= 4 is 5.97 Å². The fourth-order valence-electron chi connectivity index (χ4n) is 3.58. The van der Waals surface area contributed by atoms with Gasteiger partial charge in [0.2, 0.25) is 0 Å². The summed E-state index contributed by atoms with van der Waals surface area (Å²) in [5.74, 6) is 0.517. The number of aryl methyl sites for hydroxylation is 1. The average Bonchev–Trinajstić information content (AvgIpc) is 3.22. The van der Waals surface area contributed by atoms with Crippen molar-refractivity contribution in [3.05, 3.63) is 65.1 Å². The average molecular weight is 492 g/mol. The lowest BCUT2D eigenvalue weighted by molar-refractivity contribution is -0.138. The molecule has 1 aromatic carbocycles. The molecule has 0 saturated heterocycles. The predicted molar refractivity (Wildman–Crippen MR) is 123 cm³/mol. The number of halogens is 3. The first-order valence-electron chi connectivity index (χ1n) is 11.3. The number of pyridine rings is 1. The van der Waals surface area contributed by atoms with Crippen molar-refractivity contribution in [2.24, 2.45) is 0 Å². The van der Waals surface area contributed by atoms with Gasteiger partial charge in [0.05, 0.1) is 30.9 Å². The van der Waals surface area contributed by atoms with Gasteiger partial charge < -0.3 is 14.6 Å². The topological polar surface area (TPSA) is 86.5 Å². The van der Waals surface area contributed by atoms with E-state index in [0.29, 0.717) is 48.9 Å². The van der Waals surface area contributed by atoms with E-state index in [-0.39, 0.29) is 12.3 Å². The minimum Gasteiger partial charge on any atom is -0.490 e.